The Balaban J connectivity index is 0.00000600. The number of hydrogen-bond acceptors (Lipinski definition) is 3. The molecule has 0 aliphatic heterocycles. The van der Waals surface area contributed by atoms with E-state index in [1.54, 1.807) is 0 Å². The summed E-state index contributed by atoms with van der Waals surface area (Å²) in [5, 5.41) is 4.89. The number of ether oxygens (including phenoxy) is 2. The molecule has 0 saturated heterocycles. The summed E-state index contributed by atoms with van der Waals surface area (Å²) >= 11 is 5.06. The van der Waals surface area contributed by atoms with Crippen molar-refractivity contribution in [3.8, 4) is 22.6 Å². The van der Waals surface area contributed by atoms with Crippen molar-refractivity contribution in [2.45, 2.75) is 129 Å². The first-order valence-electron chi connectivity index (χ1n) is 18.7. The van der Waals surface area contributed by atoms with Crippen LogP contribution in [0.2, 0.25) is 0 Å². The summed E-state index contributed by atoms with van der Waals surface area (Å²) < 4.78 is 13.2. The maximum atomic E-state index is 6.63. The van der Waals surface area contributed by atoms with Crippen LogP contribution in [0.5, 0.6) is 11.5 Å². The van der Waals surface area contributed by atoms with Crippen molar-refractivity contribution in [1.82, 2.24) is 0 Å². The molecule has 0 aliphatic carbocycles. The molecule has 0 atom stereocenters. The zero-order valence-electron chi connectivity index (χ0n) is 29.0. The van der Waals surface area contributed by atoms with Crippen LogP contribution in [-0.2, 0) is 35.0 Å². The molecule has 47 heavy (non-hydrogen) atoms. The third-order valence-corrected chi connectivity index (χ3v) is 9.62. The minimum atomic E-state index is 0. The topological polar surface area (TPSA) is 18.5 Å². The molecule has 0 heterocycles. The van der Waals surface area contributed by atoms with Crippen molar-refractivity contribution in [2.24, 2.45) is 0 Å². The number of fused-ring (bicyclic) bond motifs is 2. The molecule has 0 N–H and O–H groups in total. The Morgan fingerprint density at radius 3 is 1.19 bits per heavy atom. The van der Waals surface area contributed by atoms with Crippen molar-refractivity contribution in [1.29, 1.82) is 0 Å². The Labute approximate surface area is 307 Å². The summed E-state index contributed by atoms with van der Waals surface area (Å²) in [4.78, 5) is 0. The molecule has 0 unspecified atom stereocenters. The van der Waals surface area contributed by atoms with Gasteiger partial charge in [-0.3, -0.25) is 0 Å². The second-order valence-electron chi connectivity index (χ2n) is 13.1. The summed E-state index contributed by atoms with van der Waals surface area (Å²) in [6, 6.07) is 26.2. The van der Waals surface area contributed by atoms with Gasteiger partial charge in [0.1, 0.15) is 11.5 Å². The molecule has 0 fully saturated rings. The van der Waals surface area contributed by atoms with Crippen molar-refractivity contribution >= 4 is 34.2 Å². The predicted octanol–water partition coefficient (Wildman–Crippen LogP) is 13.4. The molecule has 0 aromatic heterocycles. The van der Waals surface area contributed by atoms with E-state index in [4.69, 9.17) is 22.1 Å². The molecule has 2 nitrogen and oxygen atoms in total. The minimum absolute atomic E-state index is 0. The molecule has 0 amide bonds. The van der Waals surface area contributed by atoms with Crippen molar-refractivity contribution < 1.29 is 31.9 Å². The largest absolute Gasteiger partial charge is 1.00 e. The third-order valence-electron chi connectivity index (χ3n) is 9.33. The van der Waals surface area contributed by atoms with E-state index in [9.17, 15) is 0 Å². The second-order valence-corrected chi connectivity index (χ2v) is 13.5. The van der Waals surface area contributed by atoms with Gasteiger partial charge in [0.2, 0.25) is 0 Å². The summed E-state index contributed by atoms with van der Waals surface area (Å²) in [5.41, 5.74) is 2.32. The molecule has 4 aromatic carbocycles. The van der Waals surface area contributed by atoms with Crippen LogP contribution in [0.3, 0.4) is 0 Å². The molecule has 4 rings (SSSR count). The number of unbranched alkanes of at least 4 members (excludes halogenated alkanes) is 17. The van der Waals surface area contributed by atoms with Crippen LogP contribution in [0.1, 0.15) is 129 Å². The monoisotopic (exact) mass is 836 g/mol. The fraction of sp³-hybridized carbons (Fsp3) is 0.535. The second kappa shape index (κ2) is 24.3. The molecule has 4 heteroatoms. The smallest absolute Gasteiger partial charge is 0.793 e. The Kier molecular flexibility index (Phi) is 20.4. The fourth-order valence-corrected chi connectivity index (χ4v) is 6.86. The van der Waals surface area contributed by atoms with Crippen LogP contribution in [0.4, 0.5) is 0 Å². The number of rotatable bonds is 25. The van der Waals surface area contributed by atoms with Gasteiger partial charge in [0, 0.05) is 11.1 Å². The van der Waals surface area contributed by atoms with Crippen molar-refractivity contribution in [2.75, 3.05) is 19.0 Å². The fourth-order valence-electron chi connectivity index (χ4n) is 6.65. The summed E-state index contributed by atoms with van der Waals surface area (Å²) in [6.07, 6.45) is 24.7. The SMILES string of the molecule is CCCCCCCCCCCCOc1ccc2ccccc2c1-c1c(OCCCCCCCCCCC[S-])ccc2ccccc12.[Au+]. The molecule has 0 aliphatic rings. The Hall–Kier alpha value is -1.91. The molecule has 260 valence electrons. The van der Waals surface area contributed by atoms with Gasteiger partial charge in [0.05, 0.1) is 13.2 Å². The van der Waals surface area contributed by atoms with Crippen LogP contribution >= 0.6 is 0 Å². The maximum Gasteiger partial charge on any atom is 1.00 e. The van der Waals surface area contributed by atoms with E-state index >= 15 is 0 Å². The summed E-state index contributed by atoms with van der Waals surface area (Å²) in [5.74, 6) is 2.83. The predicted molar refractivity (Wildman–Crippen MR) is 204 cm³/mol. The normalized spacial score (nSPS) is 11.2. The first-order valence-corrected chi connectivity index (χ1v) is 19.3. The van der Waals surface area contributed by atoms with Crippen molar-refractivity contribution in [3.63, 3.8) is 0 Å². The molecular formula is C43H59AuO2S. The van der Waals surface area contributed by atoms with Gasteiger partial charge in [-0.2, -0.15) is 5.75 Å². The maximum absolute atomic E-state index is 6.63. The first kappa shape index (κ1) is 39.5. The van der Waals surface area contributed by atoms with Crippen LogP contribution in [0.15, 0.2) is 72.8 Å². The van der Waals surface area contributed by atoms with E-state index in [1.807, 2.05) is 0 Å². The molecule has 0 bridgehead atoms. The third kappa shape index (κ3) is 13.5. The molecule has 0 spiro atoms. The van der Waals surface area contributed by atoms with E-state index in [2.05, 4.69) is 79.7 Å². The average Bonchev–Trinajstić information content (AvgIpc) is 3.09. The van der Waals surface area contributed by atoms with Gasteiger partial charge in [0.15, 0.2) is 0 Å². The van der Waals surface area contributed by atoms with Crippen LogP contribution in [-0.4, -0.2) is 19.0 Å². The Bertz CT molecular complexity index is 1300. The van der Waals surface area contributed by atoms with Crippen LogP contribution < -0.4 is 9.47 Å². The Morgan fingerprint density at radius 2 is 0.787 bits per heavy atom. The molecule has 0 saturated carbocycles. The van der Waals surface area contributed by atoms with Gasteiger partial charge in [0.25, 0.3) is 0 Å². The van der Waals surface area contributed by atoms with Crippen molar-refractivity contribution in [3.05, 3.63) is 72.8 Å². The van der Waals surface area contributed by atoms with E-state index in [1.165, 1.54) is 131 Å². The zero-order valence-corrected chi connectivity index (χ0v) is 32.0. The summed E-state index contributed by atoms with van der Waals surface area (Å²) in [6.45, 7) is 3.77. The first-order chi connectivity index (χ1) is 22.8. The van der Waals surface area contributed by atoms with E-state index in [0.717, 1.165) is 54.4 Å². The zero-order chi connectivity index (χ0) is 32.1. The van der Waals surface area contributed by atoms with Gasteiger partial charge in [-0.1, -0.05) is 177 Å². The van der Waals surface area contributed by atoms with Crippen LogP contribution in [0.25, 0.3) is 32.7 Å². The van der Waals surface area contributed by atoms with E-state index in [-0.39, 0.29) is 22.4 Å². The standard InChI is InChI=1S/C43H60O2S.Au/c1-2-3-4-5-6-7-9-12-15-22-33-44-40-31-29-36-25-18-20-27-38(36)42(40)43-39-28-21-19-26-37(39)30-32-41(43)45-34-23-16-13-10-8-11-14-17-24-35-46;/h18-21,25-32,46H,2-17,22-24,33-35H2,1H3;/q;+1/p-1. The quantitative estimate of drug-likeness (QED) is 0.0376. The van der Waals surface area contributed by atoms with Gasteiger partial charge in [-0.15, -0.1) is 0 Å². The minimum Gasteiger partial charge on any atom is -0.793 e. The molecule has 4 aromatic rings. The number of hydrogen-bond donors (Lipinski definition) is 0. The van der Waals surface area contributed by atoms with Crippen LogP contribution in [0, 0.1) is 0 Å². The van der Waals surface area contributed by atoms with E-state index < -0.39 is 0 Å². The summed E-state index contributed by atoms with van der Waals surface area (Å²) in [7, 11) is 0. The Morgan fingerprint density at radius 1 is 0.426 bits per heavy atom. The molecule has 0 radical (unpaired) electrons. The molecular weight excluding hydrogens is 778 g/mol. The van der Waals surface area contributed by atoms with Gasteiger partial charge < -0.3 is 22.1 Å². The average molecular weight is 837 g/mol. The van der Waals surface area contributed by atoms with Gasteiger partial charge in [-0.25, -0.2) is 0 Å². The van der Waals surface area contributed by atoms with Gasteiger partial charge in [-0.05, 0) is 46.5 Å². The van der Waals surface area contributed by atoms with Gasteiger partial charge >= 0.3 is 22.4 Å². The van der Waals surface area contributed by atoms with E-state index in [0.29, 0.717) is 0 Å². The number of benzene rings is 4.